The van der Waals surface area contributed by atoms with E-state index in [9.17, 15) is 4.79 Å². The van der Waals surface area contributed by atoms with Gasteiger partial charge in [-0.1, -0.05) is 76.1 Å². The second kappa shape index (κ2) is 5.28. The minimum absolute atomic E-state index is 0.0921. The third-order valence-corrected chi connectivity index (χ3v) is 3.60. The van der Waals surface area contributed by atoms with Gasteiger partial charge >= 0.3 is 0 Å². The summed E-state index contributed by atoms with van der Waals surface area (Å²) in [6, 6.07) is 17.3. The van der Waals surface area contributed by atoms with Gasteiger partial charge < -0.3 is 0 Å². The van der Waals surface area contributed by atoms with Crippen LogP contribution in [0.25, 0.3) is 0 Å². The predicted molar refractivity (Wildman–Crippen MR) is 73.6 cm³/mol. The monoisotopic (exact) mass is 288 g/mol. The molecule has 2 aromatic carbocycles. The molecule has 2 heteroatoms. The van der Waals surface area contributed by atoms with Crippen LogP contribution in [0.2, 0.25) is 0 Å². The number of hydrogen-bond donors (Lipinski definition) is 0. The number of carbonyl (C=O) groups excluding carboxylic acids is 1. The minimum atomic E-state index is -0.273. The normalized spacial score (nSPS) is 12.1. The van der Waals surface area contributed by atoms with E-state index in [0.29, 0.717) is 0 Å². The summed E-state index contributed by atoms with van der Waals surface area (Å²) in [7, 11) is 0. The molecule has 2 rings (SSSR count). The Morgan fingerprint density at radius 2 is 1.59 bits per heavy atom. The highest BCUT2D eigenvalue weighted by molar-refractivity contribution is 9.09. The molecule has 0 unspecified atom stereocenters. The number of Topliss-reactive ketones (excluding diaryl/α,β-unsaturated/α-hetero) is 1. The Morgan fingerprint density at radius 3 is 2.18 bits per heavy atom. The standard InChI is InChI=1S/C15H13BrO/c1-11-7-9-12(10-8-11)14(16)15(17)13-5-3-2-4-6-13/h2-10,14H,1H3/t14-/m0/s1. The summed E-state index contributed by atoms with van der Waals surface area (Å²) in [5, 5.41) is 0. The summed E-state index contributed by atoms with van der Waals surface area (Å²) < 4.78 is 0. The lowest BCUT2D eigenvalue weighted by molar-refractivity contribution is 0.0991. The van der Waals surface area contributed by atoms with Crippen molar-refractivity contribution in [3.8, 4) is 0 Å². The first kappa shape index (κ1) is 12.1. The summed E-state index contributed by atoms with van der Waals surface area (Å²) in [5.74, 6) is 0.0921. The van der Waals surface area contributed by atoms with E-state index in [-0.39, 0.29) is 10.6 Å². The van der Waals surface area contributed by atoms with Gasteiger partial charge in [-0.3, -0.25) is 4.79 Å². The Kier molecular flexibility index (Phi) is 3.75. The van der Waals surface area contributed by atoms with E-state index in [1.807, 2.05) is 61.5 Å². The summed E-state index contributed by atoms with van der Waals surface area (Å²) in [6.45, 7) is 2.03. The van der Waals surface area contributed by atoms with E-state index in [2.05, 4.69) is 15.9 Å². The van der Waals surface area contributed by atoms with Gasteiger partial charge in [0.15, 0.2) is 5.78 Å². The topological polar surface area (TPSA) is 17.1 Å². The fourth-order valence-corrected chi connectivity index (χ4v) is 2.21. The minimum Gasteiger partial charge on any atom is -0.293 e. The molecule has 0 saturated carbocycles. The molecule has 2 aromatic rings. The van der Waals surface area contributed by atoms with Crippen LogP contribution in [0.15, 0.2) is 54.6 Å². The van der Waals surface area contributed by atoms with Gasteiger partial charge in [0.25, 0.3) is 0 Å². The van der Waals surface area contributed by atoms with Crippen molar-refractivity contribution in [2.24, 2.45) is 0 Å². The fourth-order valence-electron chi connectivity index (χ4n) is 1.64. The molecule has 1 atom stereocenters. The summed E-state index contributed by atoms with van der Waals surface area (Å²) in [5.41, 5.74) is 2.92. The van der Waals surface area contributed by atoms with E-state index in [1.165, 1.54) is 5.56 Å². The maximum absolute atomic E-state index is 12.2. The molecule has 0 aliphatic rings. The van der Waals surface area contributed by atoms with Crippen LogP contribution < -0.4 is 0 Å². The molecule has 0 saturated heterocycles. The molecular weight excluding hydrogens is 276 g/mol. The molecule has 0 radical (unpaired) electrons. The quantitative estimate of drug-likeness (QED) is 0.607. The van der Waals surface area contributed by atoms with E-state index in [0.717, 1.165) is 11.1 Å². The third kappa shape index (κ3) is 2.83. The summed E-state index contributed by atoms with van der Waals surface area (Å²) in [6.07, 6.45) is 0. The number of ketones is 1. The lowest BCUT2D eigenvalue weighted by Crippen LogP contribution is -2.06. The molecule has 0 fully saturated rings. The van der Waals surface area contributed by atoms with Gasteiger partial charge in [0.2, 0.25) is 0 Å². The Balaban J connectivity index is 2.23. The lowest BCUT2D eigenvalue weighted by atomic mass is 10.0. The number of carbonyl (C=O) groups is 1. The highest BCUT2D eigenvalue weighted by atomic mass is 79.9. The van der Waals surface area contributed by atoms with E-state index in [1.54, 1.807) is 0 Å². The zero-order valence-electron chi connectivity index (χ0n) is 9.56. The first-order valence-electron chi connectivity index (χ1n) is 5.48. The van der Waals surface area contributed by atoms with Crippen LogP contribution in [-0.2, 0) is 0 Å². The van der Waals surface area contributed by atoms with Crippen LogP contribution in [0, 0.1) is 6.92 Å². The molecule has 0 aliphatic heterocycles. The smallest absolute Gasteiger partial charge is 0.180 e. The molecule has 0 spiro atoms. The first-order valence-corrected chi connectivity index (χ1v) is 6.40. The Hall–Kier alpha value is -1.41. The molecule has 1 nitrogen and oxygen atoms in total. The fraction of sp³-hybridized carbons (Fsp3) is 0.133. The van der Waals surface area contributed by atoms with Gasteiger partial charge in [-0.05, 0) is 12.5 Å². The Labute approximate surface area is 110 Å². The van der Waals surface area contributed by atoms with E-state index in [4.69, 9.17) is 0 Å². The Morgan fingerprint density at radius 1 is 1.00 bits per heavy atom. The number of aryl methyl sites for hydroxylation is 1. The molecule has 0 amide bonds. The Bertz CT molecular complexity index is 502. The third-order valence-electron chi connectivity index (χ3n) is 2.66. The second-order valence-corrected chi connectivity index (χ2v) is 4.92. The van der Waals surface area contributed by atoms with Crippen molar-refractivity contribution in [1.82, 2.24) is 0 Å². The van der Waals surface area contributed by atoms with Gasteiger partial charge in [-0.2, -0.15) is 0 Å². The van der Waals surface area contributed by atoms with Crippen LogP contribution in [0.1, 0.15) is 26.3 Å². The van der Waals surface area contributed by atoms with Crippen molar-refractivity contribution in [3.63, 3.8) is 0 Å². The van der Waals surface area contributed by atoms with Crippen LogP contribution in [-0.4, -0.2) is 5.78 Å². The highest BCUT2D eigenvalue weighted by Crippen LogP contribution is 2.27. The molecule has 0 bridgehead atoms. The van der Waals surface area contributed by atoms with Gasteiger partial charge in [0, 0.05) is 5.56 Å². The number of rotatable bonds is 3. The number of halogens is 1. The maximum Gasteiger partial charge on any atom is 0.180 e. The van der Waals surface area contributed by atoms with Crippen molar-refractivity contribution in [1.29, 1.82) is 0 Å². The molecule has 0 heterocycles. The van der Waals surface area contributed by atoms with Gasteiger partial charge in [-0.25, -0.2) is 0 Å². The SMILES string of the molecule is Cc1ccc([C@H](Br)C(=O)c2ccccc2)cc1. The van der Waals surface area contributed by atoms with E-state index < -0.39 is 0 Å². The van der Waals surface area contributed by atoms with Gasteiger partial charge in [-0.15, -0.1) is 0 Å². The molecular formula is C15H13BrO. The zero-order chi connectivity index (χ0) is 12.3. The largest absolute Gasteiger partial charge is 0.293 e. The maximum atomic E-state index is 12.2. The van der Waals surface area contributed by atoms with Crippen LogP contribution in [0.5, 0.6) is 0 Å². The van der Waals surface area contributed by atoms with Gasteiger partial charge in [0.05, 0.1) is 0 Å². The van der Waals surface area contributed by atoms with Crippen molar-refractivity contribution in [2.75, 3.05) is 0 Å². The van der Waals surface area contributed by atoms with Crippen LogP contribution in [0.3, 0.4) is 0 Å². The predicted octanol–water partition coefficient (Wildman–Crippen LogP) is 4.31. The van der Waals surface area contributed by atoms with Crippen LogP contribution in [0.4, 0.5) is 0 Å². The van der Waals surface area contributed by atoms with Crippen LogP contribution >= 0.6 is 15.9 Å². The molecule has 0 aliphatic carbocycles. The highest BCUT2D eigenvalue weighted by Gasteiger charge is 2.18. The molecule has 86 valence electrons. The zero-order valence-corrected chi connectivity index (χ0v) is 11.1. The summed E-state index contributed by atoms with van der Waals surface area (Å²) in [4.78, 5) is 11.9. The van der Waals surface area contributed by atoms with E-state index >= 15 is 0 Å². The molecule has 0 aromatic heterocycles. The number of hydrogen-bond acceptors (Lipinski definition) is 1. The van der Waals surface area contributed by atoms with Crippen molar-refractivity contribution >= 4 is 21.7 Å². The molecule has 17 heavy (non-hydrogen) atoms. The van der Waals surface area contributed by atoms with Crippen molar-refractivity contribution in [2.45, 2.75) is 11.8 Å². The summed E-state index contributed by atoms with van der Waals surface area (Å²) >= 11 is 3.46. The average Bonchev–Trinajstić information content (AvgIpc) is 2.39. The second-order valence-electron chi connectivity index (χ2n) is 4.00. The van der Waals surface area contributed by atoms with Crippen molar-refractivity contribution in [3.05, 3.63) is 71.3 Å². The average molecular weight is 289 g/mol. The number of alkyl halides is 1. The van der Waals surface area contributed by atoms with Crippen molar-refractivity contribution < 1.29 is 4.79 Å². The first-order chi connectivity index (χ1) is 8.18. The van der Waals surface area contributed by atoms with Gasteiger partial charge in [0.1, 0.15) is 4.83 Å². The number of benzene rings is 2. The molecule has 0 N–H and O–H groups in total. The lowest BCUT2D eigenvalue weighted by Gasteiger charge is -2.09.